The average Bonchev–Trinajstić information content (AvgIpc) is 2.35. The Kier molecular flexibility index (Phi) is 3.71. The van der Waals surface area contributed by atoms with Gasteiger partial charge in [-0.2, -0.15) is 0 Å². The molecule has 17 heavy (non-hydrogen) atoms. The summed E-state index contributed by atoms with van der Waals surface area (Å²) in [6.45, 7) is 0. The van der Waals surface area contributed by atoms with E-state index in [0.717, 1.165) is 5.56 Å². The maximum Gasteiger partial charge on any atom is 0.170 e. The second-order valence-electron chi connectivity index (χ2n) is 3.48. The Bertz CT molecular complexity index is 543. The number of aromatic nitrogens is 2. The Morgan fingerprint density at radius 3 is 2.47 bits per heavy atom. The molecule has 0 amide bonds. The fourth-order valence-electron chi connectivity index (χ4n) is 1.38. The molecule has 0 atom stereocenters. The molecule has 0 fully saturated rings. The van der Waals surface area contributed by atoms with Crippen LogP contribution in [0.25, 0.3) is 0 Å². The summed E-state index contributed by atoms with van der Waals surface area (Å²) in [5.74, 6) is -0.0519. The van der Waals surface area contributed by atoms with Crippen molar-refractivity contribution in [2.45, 2.75) is 6.42 Å². The largest absolute Gasteiger partial charge is 0.294 e. The molecule has 1 aromatic carbocycles. The molecular formula is C12H8Cl2N2O. The summed E-state index contributed by atoms with van der Waals surface area (Å²) in [6, 6.07) is 5.13. The topological polar surface area (TPSA) is 42.9 Å². The SMILES string of the molecule is O=C(Cc1ccc(Cl)c(Cl)c1)c1cncnc1. The summed E-state index contributed by atoms with van der Waals surface area (Å²) in [6.07, 6.45) is 4.62. The summed E-state index contributed by atoms with van der Waals surface area (Å²) in [5, 5.41) is 0.923. The number of hydrogen-bond acceptors (Lipinski definition) is 3. The molecule has 0 aliphatic heterocycles. The van der Waals surface area contributed by atoms with Crippen molar-refractivity contribution in [1.29, 1.82) is 0 Å². The molecule has 0 saturated carbocycles. The zero-order chi connectivity index (χ0) is 12.3. The van der Waals surface area contributed by atoms with Crippen LogP contribution in [0.1, 0.15) is 15.9 Å². The summed E-state index contributed by atoms with van der Waals surface area (Å²) < 4.78 is 0. The first kappa shape index (κ1) is 12.0. The minimum atomic E-state index is -0.0519. The smallest absolute Gasteiger partial charge is 0.170 e. The van der Waals surface area contributed by atoms with Gasteiger partial charge in [-0.05, 0) is 17.7 Å². The molecule has 0 radical (unpaired) electrons. The van der Waals surface area contributed by atoms with Crippen LogP contribution in [-0.2, 0) is 6.42 Å². The van der Waals surface area contributed by atoms with Gasteiger partial charge in [-0.25, -0.2) is 9.97 Å². The van der Waals surface area contributed by atoms with Crippen LogP contribution in [0.2, 0.25) is 10.0 Å². The van der Waals surface area contributed by atoms with Gasteiger partial charge >= 0.3 is 0 Å². The highest BCUT2D eigenvalue weighted by atomic mass is 35.5. The second-order valence-corrected chi connectivity index (χ2v) is 4.29. The van der Waals surface area contributed by atoms with Gasteiger partial charge in [0.2, 0.25) is 0 Å². The van der Waals surface area contributed by atoms with Crippen LogP contribution in [-0.4, -0.2) is 15.8 Å². The predicted molar refractivity (Wildman–Crippen MR) is 66.5 cm³/mol. The number of rotatable bonds is 3. The van der Waals surface area contributed by atoms with Crippen molar-refractivity contribution in [3.8, 4) is 0 Å². The Morgan fingerprint density at radius 2 is 1.82 bits per heavy atom. The van der Waals surface area contributed by atoms with Crippen LogP contribution < -0.4 is 0 Å². The minimum Gasteiger partial charge on any atom is -0.294 e. The summed E-state index contributed by atoms with van der Waals surface area (Å²) in [5.41, 5.74) is 1.30. The highest BCUT2D eigenvalue weighted by molar-refractivity contribution is 6.42. The van der Waals surface area contributed by atoms with Crippen molar-refractivity contribution < 1.29 is 4.79 Å². The quantitative estimate of drug-likeness (QED) is 0.802. The van der Waals surface area contributed by atoms with Gasteiger partial charge in [0.05, 0.1) is 15.6 Å². The number of carbonyl (C=O) groups excluding carboxylic acids is 1. The monoisotopic (exact) mass is 266 g/mol. The minimum absolute atomic E-state index is 0.0519. The van der Waals surface area contributed by atoms with Crippen LogP contribution in [0.4, 0.5) is 0 Å². The predicted octanol–water partition coefficient (Wildman–Crippen LogP) is 3.21. The molecule has 86 valence electrons. The van der Waals surface area contributed by atoms with Crippen LogP contribution in [0, 0.1) is 0 Å². The number of nitrogens with zero attached hydrogens (tertiary/aromatic N) is 2. The summed E-state index contributed by atoms with van der Waals surface area (Å²) in [7, 11) is 0. The zero-order valence-corrected chi connectivity index (χ0v) is 10.2. The van der Waals surface area contributed by atoms with Gasteiger partial charge in [0.25, 0.3) is 0 Å². The van der Waals surface area contributed by atoms with E-state index in [1.807, 2.05) is 0 Å². The van der Waals surface area contributed by atoms with Crippen molar-refractivity contribution in [2.75, 3.05) is 0 Å². The molecule has 3 nitrogen and oxygen atoms in total. The van der Waals surface area contributed by atoms with E-state index in [-0.39, 0.29) is 12.2 Å². The third-order valence-electron chi connectivity index (χ3n) is 2.23. The van der Waals surface area contributed by atoms with Crippen molar-refractivity contribution in [3.05, 3.63) is 58.1 Å². The molecule has 5 heteroatoms. The first-order chi connectivity index (χ1) is 8.16. The van der Waals surface area contributed by atoms with Gasteiger partial charge in [0.15, 0.2) is 5.78 Å². The molecular weight excluding hydrogens is 259 g/mol. The van der Waals surface area contributed by atoms with Crippen molar-refractivity contribution >= 4 is 29.0 Å². The van der Waals surface area contributed by atoms with Gasteiger partial charge in [-0.1, -0.05) is 29.3 Å². The second kappa shape index (κ2) is 5.25. The number of carbonyl (C=O) groups is 1. The Hall–Kier alpha value is -1.45. The third-order valence-corrected chi connectivity index (χ3v) is 2.97. The number of halogens is 2. The highest BCUT2D eigenvalue weighted by Gasteiger charge is 2.08. The zero-order valence-electron chi connectivity index (χ0n) is 8.73. The van der Waals surface area contributed by atoms with E-state index in [4.69, 9.17) is 23.2 Å². The van der Waals surface area contributed by atoms with Crippen molar-refractivity contribution in [1.82, 2.24) is 9.97 Å². The van der Waals surface area contributed by atoms with E-state index in [2.05, 4.69) is 9.97 Å². The molecule has 0 aliphatic carbocycles. The summed E-state index contributed by atoms with van der Waals surface area (Å²) in [4.78, 5) is 19.5. The summed E-state index contributed by atoms with van der Waals surface area (Å²) >= 11 is 11.7. The molecule has 0 unspecified atom stereocenters. The van der Waals surface area contributed by atoms with Crippen LogP contribution in [0.5, 0.6) is 0 Å². The molecule has 2 rings (SSSR count). The Morgan fingerprint density at radius 1 is 1.12 bits per heavy atom. The van der Waals surface area contributed by atoms with Crippen molar-refractivity contribution in [2.24, 2.45) is 0 Å². The number of ketones is 1. The van der Waals surface area contributed by atoms with E-state index in [1.54, 1.807) is 18.2 Å². The highest BCUT2D eigenvalue weighted by Crippen LogP contribution is 2.23. The lowest BCUT2D eigenvalue weighted by molar-refractivity contribution is 0.0992. The fraction of sp³-hybridized carbons (Fsp3) is 0.0833. The Balaban J connectivity index is 2.16. The van der Waals surface area contributed by atoms with E-state index >= 15 is 0 Å². The van der Waals surface area contributed by atoms with Crippen molar-refractivity contribution in [3.63, 3.8) is 0 Å². The maximum absolute atomic E-state index is 11.9. The fourth-order valence-corrected chi connectivity index (χ4v) is 1.70. The normalized spacial score (nSPS) is 10.2. The van der Waals surface area contributed by atoms with Gasteiger partial charge in [-0.15, -0.1) is 0 Å². The van der Waals surface area contributed by atoms with E-state index in [1.165, 1.54) is 18.7 Å². The van der Waals surface area contributed by atoms with E-state index in [0.29, 0.717) is 15.6 Å². The van der Waals surface area contributed by atoms with E-state index in [9.17, 15) is 4.79 Å². The lowest BCUT2D eigenvalue weighted by Crippen LogP contribution is -2.04. The maximum atomic E-state index is 11.9. The molecule has 0 N–H and O–H groups in total. The van der Waals surface area contributed by atoms with Gasteiger partial charge in [-0.3, -0.25) is 4.79 Å². The van der Waals surface area contributed by atoms with Gasteiger partial charge in [0.1, 0.15) is 6.33 Å². The van der Waals surface area contributed by atoms with Gasteiger partial charge in [0, 0.05) is 18.8 Å². The number of Topliss-reactive ketones (excluding diaryl/α,β-unsaturated/α-hetero) is 1. The molecule has 0 aliphatic rings. The van der Waals surface area contributed by atoms with Crippen LogP contribution in [0.15, 0.2) is 36.9 Å². The standard InChI is InChI=1S/C12H8Cl2N2O/c13-10-2-1-8(3-11(10)14)4-12(17)9-5-15-7-16-6-9/h1-3,5-7H,4H2. The molecule has 1 aromatic heterocycles. The average molecular weight is 267 g/mol. The first-order valence-corrected chi connectivity index (χ1v) is 5.64. The molecule has 2 aromatic rings. The Labute approximate surface area is 108 Å². The molecule has 0 saturated heterocycles. The lowest BCUT2D eigenvalue weighted by Gasteiger charge is -2.02. The van der Waals surface area contributed by atoms with Crippen LogP contribution >= 0.6 is 23.2 Å². The molecule has 1 heterocycles. The lowest BCUT2D eigenvalue weighted by atomic mass is 10.1. The van der Waals surface area contributed by atoms with Crippen LogP contribution in [0.3, 0.4) is 0 Å². The number of benzene rings is 1. The number of hydrogen-bond donors (Lipinski definition) is 0. The third kappa shape index (κ3) is 3.02. The molecule has 0 bridgehead atoms. The molecule has 0 spiro atoms. The first-order valence-electron chi connectivity index (χ1n) is 4.89. The van der Waals surface area contributed by atoms with Gasteiger partial charge < -0.3 is 0 Å². The van der Waals surface area contributed by atoms with E-state index < -0.39 is 0 Å².